The number of nitrogens with one attached hydrogen (secondary N) is 1. The molecule has 0 aromatic heterocycles. The molecule has 1 amide bonds. The Hall–Kier alpha value is -2.11. The Morgan fingerprint density at radius 3 is 2.67 bits per heavy atom. The van der Waals surface area contributed by atoms with E-state index in [4.69, 9.17) is 12.2 Å². The van der Waals surface area contributed by atoms with Crippen molar-refractivity contribution >= 4 is 40.3 Å². The molecule has 0 spiro atoms. The van der Waals surface area contributed by atoms with Crippen LogP contribution in [0, 0.1) is 0 Å². The Kier molecular flexibility index (Phi) is 3.77. The lowest BCUT2D eigenvalue weighted by molar-refractivity contribution is -0.115. The average Bonchev–Trinajstić information content (AvgIpc) is 2.77. The number of thiocarbonyl (C=S) groups is 1. The summed E-state index contributed by atoms with van der Waals surface area (Å²) < 4.78 is 0.473. The standard InChI is InChI=1S/C16H11NO2S2/c18-12-6-3-5-10(8-12)13-7-2-1-4-11(13)9-14-15(19)17-16(20)21-14/h1-9,18H,(H,17,19,20)/b14-9-. The van der Waals surface area contributed by atoms with E-state index in [1.54, 1.807) is 18.2 Å². The Bertz CT molecular complexity index is 768. The van der Waals surface area contributed by atoms with Crippen molar-refractivity contribution in [3.63, 3.8) is 0 Å². The molecule has 0 atom stereocenters. The zero-order valence-electron chi connectivity index (χ0n) is 10.9. The van der Waals surface area contributed by atoms with Gasteiger partial charge in [0.2, 0.25) is 0 Å². The summed E-state index contributed by atoms with van der Waals surface area (Å²) in [7, 11) is 0. The van der Waals surface area contributed by atoms with Crippen molar-refractivity contribution in [2.45, 2.75) is 0 Å². The minimum atomic E-state index is -0.171. The molecule has 1 aliphatic heterocycles. The monoisotopic (exact) mass is 313 g/mol. The molecule has 2 N–H and O–H groups in total. The second-order valence-electron chi connectivity index (χ2n) is 4.49. The second kappa shape index (κ2) is 5.71. The van der Waals surface area contributed by atoms with E-state index in [1.165, 1.54) is 11.8 Å². The third kappa shape index (κ3) is 2.99. The number of hydrogen-bond donors (Lipinski definition) is 2. The Morgan fingerprint density at radius 1 is 1.14 bits per heavy atom. The van der Waals surface area contributed by atoms with Gasteiger partial charge in [0.25, 0.3) is 5.91 Å². The molecule has 0 radical (unpaired) electrons. The van der Waals surface area contributed by atoms with Crippen molar-refractivity contribution in [1.29, 1.82) is 0 Å². The van der Waals surface area contributed by atoms with Crippen LogP contribution in [0.3, 0.4) is 0 Å². The van der Waals surface area contributed by atoms with Crippen LogP contribution in [-0.4, -0.2) is 15.3 Å². The summed E-state index contributed by atoms with van der Waals surface area (Å²) in [5.74, 6) is 0.0415. The highest BCUT2D eigenvalue weighted by molar-refractivity contribution is 8.26. The molecular weight excluding hydrogens is 302 g/mol. The highest BCUT2D eigenvalue weighted by atomic mass is 32.2. The summed E-state index contributed by atoms with van der Waals surface area (Å²) in [6, 6.07) is 14.8. The maximum Gasteiger partial charge on any atom is 0.263 e. The van der Waals surface area contributed by atoms with E-state index in [0.717, 1.165) is 16.7 Å². The molecule has 1 saturated heterocycles. The molecular formula is C16H11NO2S2. The first-order chi connectivity index (χ1) is 10.1. The SMILES string of the molecule is O=C1NC(=S)S/C1=C\c1ccccc1-c1cccc(O)c1. The fraction of sp³-hybridized carbons (Fsp3) is 0. The van der Waals surface area contributed by atoms with E-state index < -0.39 is 0 Å². The molecule has 3 nitrogen and oxygen atoms in total. The Labute approximate surface area is 131 Å². The van der Waals surface area contributed by atoms with Crippen LogP contribution in [0.1, 0.15) is 5.56 Å². The van der Waals surface area contributed by atoms with Gasteiger partial charge in [-0.1, -0.05) is 60.4 Å². The first-order valence-corrected chi connectivity index (χ1v) is 7.49. The Morgan fingerprint density at radius 2 is 1.95 bits per heavy atom. The van der Waals surface area contributed by atoms with Crippen LogP contribution in [0.15, 0.2) is 53.4 Å². The highest BCUT2D eigenvalue weighted by Crippen LogP contribution is 2.31. The van der Waals surface area contributed by atoms with E-state index >= 15 is 0 Å². The van der Waals surface area contributed by atoms with Crippen molar-refractivity contribution in [2.24, 2.45) is 0 Å². The molecule has 0 bridgehead atoms. The maximum absolute atomic E-state index is 11.8. The van der Waals surface area contributed by atoms with Crippen LogP contribution in [0.4, 0.5) is 0 Å². The summed E-state index contributed by atoms with van der Waals surface area (Å²) in [6.45, 7) is 0. The quantitative estimate of drug-likeness (QED) is 0.657. The maximum atomic E-state index is 11.8. The lowest BCUT2D eigenvalue weighted by atomic mass is 9.99. The fourth-order valence-electron chi connectivity index (χ4n) is 2.12. The van der Waals surface area contributed by atoms with Gasteiger partial charge in [-0.15, -0.1) is 0 Å². The molecule has 1 aliphatic rings. The topological polar surface area (TPSA) is 49.3 Å². The minimum Gasteiger partial charge on any atom is -0.508 e. The van der Waals surface area contributed by atoms with Crippen molar-refractivity contribution in [2.75, 3.05) is 0 Å². The van der Waals surface area contributed by atoms with Gasteiger partial charge in [0, 0.05) is 0 Å². The molecule has 1 heterocycles. The van der Waals surface area contributed by atoms with Gasteiger partial charge in [0.1, 0.15) is 10.1 Å². The number of phenolic OH excluding ortho intramolecular Hbond substituents is 1. The normalized spacial score (nSPS) is 16.3. The lowest BCUT2D eigenvalue weighted by Crippen LogP contribution is -2.17. The zero-order valence-corrected chi connectivity index (χ0v) is 12.5. The summed E-state index contributed by atoms with van der Waals surface area (Å²) in [5.41, 5.74) is 2.76. The molecule has 5 heteroatoms. The van der Waals surface area contributed by atoms with Crippen LogP contribution in [0.25, 0.3) is 17.2 Å². The smallest absolute Gasteiger partial charge is 0.263 e. The van der Waals surface area contributed by atoms with Gasteiger partial charge in [-0.3, -0.25) is 4.79 Å². The minimum absolute atomic E-state index is 0.171. The van der Waals surface area contributed by atoms with Gasteiger partial charge in [0.05, 0.1) is 4.91 Å². The number of aromatic hydroxyl groups is 1. The highest BCUT2D eigenvalue weighted by Gasteiger charge is 2.22. The fourth-order valence-corrected chi connectivity index (χ4v) is 3.16. The van der Waals surface area contributed by atoms with Crippen LogP contribution in [0.5, 0.6) is 5.75 Å². The lowest BCUT2D eigenvalue weighted by Gasteiger charge is -2.07. The van der Waals surface area contributed by atoms with Crippen molar-refractivity contribution < 1.29 is 9.90 Å². The summed E-state index contributed by atoms with van der Waals surface area (Å²) in [5, 5.41) is 12.2. The van der Waals surface area contributed by atoms with Crippen LogP contribution < -0.4 is 5.32 Å². The number of phenols is 1. The number of rotatable bonds is 2. The molecule has 2 aromatic carbocycles. The van der Waals surface area contributed by atoms with Crippen LogP contribution in [-0.2, 0) is 4.79 Å². The van der Waals surface area contributed by atoms with Crippen LogP contribution >= 0.6 is 24.0 Å². The van der Waals surface area contributed by atoms with Gasteiger partial charge in [-0.05, 0) is 34.9 Å². The number of amides is 1. The molecule has 0 aliphatic carbocycles. The summed E-state index contributed by atoms with van der Waals surface area (Å²) in [6.07, 6.45) is 1.82. The first kappa shape index (κ1) is 13.9. The van der Waals surface area contributed by atoms with Gasteiger partial charge in [-0.25, -0.2) is 0 Å². The predicted octanol–water partition coefficient (Wildman–Crippen LogP) is 3.55. The number of benzene rings is 2. The molecule has 2 aromatic rings. The number of carbonyl (C=O) groups excluding carboxylic acids is 1. The van der Waals surface area contributed by atoms with E-state index in [0.29, 0.717) is 9.23 Å². The van der Waals surface area contributed by atoms with Crippen molar-refractivity contribution in [3.05, 3.63) is 59.0 Å². The van der Waals surface area contributed by atoms with Gasteiger partial charge in [0.15, 0.2) is 0 Å². The first-order valence-electron chi connectivity index (χ1n) is 6.27. The molecule has 3 rings (SSSR count). The van der Waals surface area contributed by atoms with Crippen molar-refractivity contribution in [1.82, 2.24) is 5.32 Å². The van der Waals surface area contributed by atoms with Gasteiger partial charge >= 0.3 is 0 Å². The molecule has 0 unspecified atom stereocenters. The molecule has 1 fully saturated rings. The predicted molar refractivity (Wildman–Crippen MR) is 89.9 cm³/mol. The largest absolute Gasteiger partial charge is 0.508 e. The number of carbonyl (C=O) groups is 1. The van der Waals surface area contributed by atoms with E-state index in [2.05, 4.69) is 5.32 Å². The molecule has 104 valence electrons. The van der Waals surface area contributed by atoms with Gasteiger partial charge in [-0.2, -0.15) is 0 Å². The zero-order chi connectivity index (χ0) is 14.8. The van der Waals surface area contributed by atoms with Gasteiger partial charge < -0.3 is 10.4 Å². The van der Waals surface area contributed by atoms with E-state index in [9.17, 15) is 9.90 Å². The van der Waals surface area contributed by atoms with E-state index in [1.807, 2.05) is 36.4 Å². The number of hydrogen-bond acceptors (Lipinski definition) is 4. The van der Waals surface area contributed by atoms with Crippen LogP contribution in [0.2, 0.25) is 0 Å². The third-order valence-corrected chi connectivity index (χ3v) is 4.21. The molecule has 21 heavy (non-hydrogen) atoms. The average molecular weight is 313 g/mol. The molecule has 0 saturated carbocycles. The number of thioether (sulfide) groups is 1. The van der Waals surface area contributed by atoms with E-state index in [-0.39, 0.29) is 11.7 Å². The second-order valence-corrected chi connectivity index (χ2v) is 6.21. The van der Waals surface area contributed by atoms with Crippen molar-refractivity contribution in [3.8, 4) is 16.9 Å². The third-order valence-electron chi connectivity index (χ3n) is 3.05. The summed E-state index contributed by atoms with van der Waals surface area (Å²) >= 11 is 6.25. The summed E-state index contributed by atoms with van der Waals surface area (Å²) in [4.78, 5) is 12.3. The Balaban J connectivity index is 2.07.